The summed E-state index contributed by atoms with van der Waals surface area (Å²) in [5, 5.41) is 4.01. The van der Waals surface area contributed by atoms with Gasteiger partial charge in [0.1, 0.15) is 6.61 Å². The van der Waals surface area contributed by atoms with Crippen molar-refractivity contribution in [1.82, 2.24) is 10.1 Å². The van der Waals surface area contributed by atoms with Crippen LogP contribution < -0.4 is 0 Å². The fraction of sp³-hybridized carbons (Fsp3) is 0.368. The van der Waals surface area contributed by atoms with Crippen LogP contribution in [0.15, 0.2) is 39.4 Å². The molecule has 2 heterocycles. The normalized spacial score (nSPS) is 18.4. The number of Topliss-reactive ketones (excluding diaryl/α,β-unsaturated/α-hetero) is 1. The summed E-state index contributed by atoms with van der Waals surface area (Å²) in [4.78, 5) is 20.8. The number of ether oxygens (including phenoxy) is 1. The molecule has 0 N–H and O–H groups in total. The Hall–Kier alpha value is -2.60. The molecule has 6 nitrogen and oxygen atoms in total. The highest BCUT2D eigenvalue weighted by Gasteiger charge is 2.26. The largest absolute Gasteiger partial charge is 0.375 e. The Morgan fingerprint density at radius 3 is 3.12 bits per heavy atom. The number of benzene rings is 1. The first-order chi connectivity index (χ1) is 12.2. The monoisotopic (exact) mass is 337 g/mol. The number of aryl methyl sites for hydroxylation is 1. The van der Waals surface area contributed by atoms with Crippen LogP contribution in [0.2, 0.25) is 0 Å². The van der Waals surface area contributed by atoms with Crippen molar-refractivity contribution in [1.29, 1.82) is 0 Å². The van der Waals surface area contributed by atoms with E-state index in [0.29, 0.717) is 31.3 Å². The number of hydrogen-bond donors (Lipinski definition) is 0. The van der Waals surface area contributed by atoms with Crippen molar-refractivity contribution in [3.63, 3.8) is 0 Å². The summed E-state index contributed by atoms with van der Waals surface area (Å²) in [7, 11) is 1.59. The van der Waals surface area contributed by atoms with Gasteiger partial charge in [-0.25, -0.2) is 0 Å². The molecule has 1 aromatic heterocycles. The number of hydrogen-bond acceptors (Lipinski definition) is 6. The molecule has 4 rings (SSSR count). The summed E-state index contributed by atoms with van der Waals surface area (Å²) in [6, 6.07) is 6.20. The van der Waals surface area contributed by atoms with Gasteiger partial charge in [0.05, 0.1) is 6.54 Å². The van der Waals surface area contributed by atoms with Gasteiger partial charge in [0.25, 0.3) is 5.89 Å². The number of methoxy groups -OCH3 is 1. The van der Waals surface area contributed by atoms with E-state index in [4.69, 9.17) is 9.26 Å². The van der Waals surface area contributed by atoms with Crippen molar-refractivity contribution >= 4 is 12.0 Å². The molecule has 1 aromatic carbocycles. The molecule has 0 radical (unpaired) electrons. The highest BCUT2D eigenvalue weighted by molar-refractivity contribution is 6.14. The number of fused-ring (bicyclic) bond motifs is 1. The van der Waals surface area contributed by atoms with Crippen LogP contribution in [0.1, 0.15) is 35.8 Å². The average molecular weight is 337 g/mol. The molecule has 2 aromatic rings. The Labute approximate surface area is 145 Å². The smallest absolute Gasteiger partial charge is 0.252 e. The van der Waals surface area contributed by atoms with Crippen LogP contribution >= 0.6 is 0 Å². The summed E-state index contributed by atoms with van der Waals surface area (Å²) in [5.41, 5.74) is 4.21. The SMILES string of the molecule is COCc1nc(-c2ccc3c(c2)CC[C@H]3CC(=O)C2=CCN=C2)no1. The fourth-order valence-corrected chi connectivity index (χ4v) is 3.49. The fourth-order valence-electron chi connectivity index (χ4n) is 3.49. The standard InChI is InChI=1S/C19H19N3O3/c1-24-11-18-21-19(22-25-18)14-4-5-16-12(8-14)2-3-13(16)9-17(23)15-6-7-20-10-15/h4-6,8,10,13H,2-3,7,9,11H2,1H3/t13-/m0/s1. The van der Waals surface area contributed by atoms with E-state index in [1.807, 2.05) is 12.1 Å². The highest BCUT2D eigenvalue weighted by atomic mass is 16.5. The number of allylic oxidation sites excluding steroid dienone is 1. The Morgan fingerprint density at radius 1 is 1.40 bits per heavy atom. The lowest BCUT2D eigenvalue weighted by Crippen LogP contribution is -2.07. The maximum absolute atomic E-state index is 12.4. The molecule has 2 aliphatic rings. The van der Waals surface area contributed by atoms with Gasteiger partial charge in [0.15, 0.2) is 5.78 Å². The predicted molar refractivity (Wildman–Crippen MR) is 92.6 cm³/mol. The Balaban J connectivity index is 1.51. The van der Waals surface area contributed by atoms with Gasteiger partial charge in [-0.2, -0.15) is 4.98 Å². The predicted octanol–water partition coefficient (Wildman–Crippen LogP) is 2.88. The summed E-state index contributed by atoms with van der Waals surface area (Å²) >= 11 is 0. The molecular weight excluding hydrogens is 318 g/mol. The molecule has 0 spiro atoms. The van der Waals surface area contributed by atoms with Gasteiger partial charge in [-0.3, -0.25) is 9.79 Å². The number of nitrogens with zero attached hydrogens (tertiary/aromatic N) is 3. The molecule has 25 heavy (non-hydrogen) atoms. The van der Waals surface area contributed by atoms with Crippen molar-refractivity contribution in [2.45, 2.75) is 31.8 Å². The van der Waals surface area contributed by atoms with E-state index in [2.05, 4.69) is 27.3 Å². The summed E-state index contributed by atoms with van der Waals surface area (Å²) in [5.74, 6) is 1.50. The zero-order valence-corrected chi connectivity index (χ0v) is 14.1. The first-order valence-electron chi connectivity index (χ1n) is 8.42. The van der Waals surface area contributed by atoms with Gasteiger partial charge in [-0.15, -0.1) is 0 Å². The van der Waals surface area contributed by atoms with E-state index < -0.39 is 0 Å². The quantitative estimate of drug-likeness (QED) is 0.810. The summed E-state index contributed by atoms with van der Waals surface area (Å²) in [6.07, 6.45) is 6.10. The van der Waals surface area contributed by atoms with Gasteiger partial charge in [-0.1, -0.05) is 23.4 Å². The summed E-state index contributed by atoms with van der Waals surface area (Å²) in [6.45, 7) is 0.933. The number of carbonyl (C=O) groups excluding carboxylic acids is 1. The lowest BCUT2D eigenvalue weighted by Gasteiger charge is -2.11. The third-order valence-corrected chi connectivity index (χ3v) is 4.74. The van der Waals surface area contributed by atoms with Crippen LogP contribution in [-0.2, 0) is 22.6 Å². The van der Waals surface area contributed by atoms with Crippen LogP contribution in [0.3, 0.4) is 0 Å². The number of ketones is 1. The molecule has 0 unspecified atom stereocenters. The lowest BCUT2D eigenvalue weighted by molar-refractivity contribution is -0.115. The molecular formula is C19H19N3O3. The third-order valence-electron chi connectivity index (χ3n) is 4.74. The second-order valence-electron chi connectivity index (χ2n) is 6.37. The Kier molecular flexibility index (Phi) is 4.28. The van der Waals surface area contributed by atoms with Crippen molar-refractivity contribution in [3.8, 4) is 11.4 Å². The number of aliphatic imine (C=N–C) groups is 1. The minimum atomic E-state index is 0.186. The van der Waals surface area contributed by atoms with Crippen molar-refractivity contribution in [2.75, 3.05) is 13.7 Å². The number of carbonyl (C=O) groups is 1. The zero-order chi connectivity index (χ0) is 17.2. The molecule has 0 fully saturated rings. The van der Waals surface area contributed by atoms with Gasteiger partial charge in [0, 0.05) is 30.9 Å². The van der Waals surface area contributed by atoms with Crippen LogP contribution in [0.25, 0.3) is 11.4 Å². The maximum Gasteiger partial charge on any atom is 0.252 e. The minimum absolute atomic E-state index is 0.186. The Morgan fingerprint density at radius 2 is 2.32 bits per heavy atom. The van der Waals surface area contributed by atoms with Crippen molar-refractivity contribution in [2.24, 2.45) is 4.99 Å². The van der Waals surface area contributed by atoms with Gasteiger partial charge in [0.2, 0.25) is 5.82 Å². The van der Waals surface area contributed by atoms with E-state index in [1.165, 1.54) is 11.1 Å². The topological polar surface area (TPSA) is 77.6 Å². The molecule has 128 valence electrons. The van der Waals surface area contributed by atoms with Crippen LogP contribution in [0, 0.1) is 0 Å². The van der Waals surface area contributed by atoms with Crippen LogP contribution in [0.4, 0.5) is 0 Å². The molecule has 1 aliphatic carbocycles. The van der Waals surface area contributed by atoms with E-state index in [0.717, 1.165) is 24.0 Å². The molecule has 0 saturated heterocycles. The minimum Gasteiger partial charge on any atom is -0.375 e. The molecule has 0 bridgehead atoms. The molecule has 6 heteroatoms. The van der Waals surface area contributed by atoms with E-state index >= 15 is 0 Å². The number of aromatic nitrogens is 2. The van der Waals surface area contributed by atoms with Crippen LogP contribution in [0.5, 0.6) is 0 Å². The third kappa shape index (κ3) is 3.17. The first-order valence-corrected chi connectivity index (χ1v) is 8.42. The molecule has 1 atom stereocenters. The van der Waals surface area contributed by atoms with E-state index in [1.54, 1.807) is 13.3 Å². The summed E-state index contributed by atoms with van der Waals surface area (Å²) < 4.78 is 10.2. The van der Waals surface area contributed by atoms with Gasteiger partial charge < -0.3 is 9.26 Å². The van der Waals surface area contributed by atoms with Gasteiger partial charge >= 0.3 is 0 Å². The molecule has 0 amide bonds. The van der Waals surface area contributed by atoms with E-state index in [-0.39, 0.29) is 11.7 Å². The second-order valence-corrected chi connectivity index (χ2v) is 6.37. The molecule has 1 aliphatic heterocycles. The molecule has 0 saturated carbocycles. The second kappa shape index (κ2) is 6.72. The van der Waals surface area contributed by atoms with Gasteiger partial charge in [-0.05, 0) is 36.0 Å². The lowest BCUT2D eigenvalue weighted by atomic mass is 9.93. The number of rotatable bonds is 6. The zero-order valence-electron chi connectivity index (χ0n) is 14.1. The van der Waals surface area contributed by atoms with E-state index in [9.17, 15) is 4.79 Å². The average Bonchev–Trinajstić information content (AvgIpc) is 3.36. The van der Waals surface area contributed by atoms with Crippen LogP contribution in [-0.4, -0.2) is 35.8 Å². The Bertz CT molecular complexity index is 867. The van der Waals surface area contributed by atoms with Crippen molar-refractivity contribution in [3.05, 3.63) is 46.9 Å². The van der Waals surface area contributed by atoms with Crippen molar-refractivity contribution < 1.29 is 14.1 Å². The highest BCUT2D eigenvalue weighted by Crippen LogP contribution is 2.38. The first kappa shape index (κ1) is 15.9. The maximum atomic E-state index is 12.4.